The molecule has 0 radical (unpaired) electrons. The van der Waals surface area contributed by atoms with Gasteiger partial charge in [0, 0.05) is 32.2 Å². The summed E-state index contributed by atoms with van der Waals surface area (Å²) in [5.41, 5.74) is 0. The average Bonchev–Trinajstić information content (AvgIpc) is 2.49. The molecule has 0 bridgehead atoms. The standard InChI is InChI=1S/C17H32N2O2/c1-3-21-17(20)14-16(13-15-7-5-4-6-8-15)19-11-9-18(2)10-12-19/h15-16H,3-14H2,1-2H3. The summed E-state index contributed by atoms with van der Waals surface area (Å²) >= 11 is 0. The molecule has 1 saturated heterocycles. The molecule has 4 heteroatoms. The van der Waals surface area contributed by atoms with Crippen molar-refractivity contribution in [3.8, 4) is 0 Å². The molecule has 1 saturated carbocycles. The van der Waals surface area contributed by atoms with Gasteiger partial charge in [-0.25, -0.2) is 0 Å². The van der Waals surface area contributed by atoms with Gasteiger partial charge in [0.2, 0.25) is 0 Å². The van der Waals surface area contributed by atoms with Crippen LogP contribution in [0.5, 0.6) is 0 Å². The summed E-state index contributed by atoms with van der Waals surface area (Å²) in [6, 6.07) is 0.390. The van der Waals surface area contributed by atoms with Crippen LogP contribution >= 0.6 is 0 Å². The number of hydrogen-bond acceptors (Lipinski definition) is 4. The van der Waals surface area contributed by atoms with Crippen molar-refractivity contribution in [2.45, 2.75) is 57.9 Å². The van der Waals surface area contributed by atoms with Crippen LogP contribution in [0.4, 0.5) is 0 Å². The zero-order valence-electron chi connectivity index (χ0n) is 13.9. The largest absolute Gasteiger partial charge is 0.466 e. The minimum atomic E-state index is -0.0164. The number of rotatable bonds is 6. The van der Waals surface area contributed by atoms with Gasteiger partial charge >= 0.3 is 5.97 Å². The van der Waals surface area contributed by atoms with Gasteiger partial charge in [0.1, 0.15) is 0 Å². The molecule has 0 aromatic rings. The van der Waals surface area contributed by atoms with Crippen molar-refractivity contribution in [1.82, 2.24) is 9.80 Å². The molecular weight excluding hydrogens is 264 g/mol. The third kappa shape index (κ3) is 5.59. The molecule has 2 rings (SSSR count). The number of nitrogens with zero attached hydrogens (tertiary/aromatic N) is 2. The van der Waals surface area contributed by atoms with E-state index in [4.69, 9.17) is 4.74 Å². The first-order valence-corrected chi connectivity index (χ1v) is 8.77. The monoisotopic (exact) mass is 296 g/mol. The highest BCUT2D eigenvalue weighted by molar-refractivity contribution is 5.70. The maximum atomic E-state index is 11.9. The number of likely N-dealkylation sites (N-methyl/N-ethyl adjacent to an activating group) is 1. The number of piperazine rings is 1. The van der Waals surface area contributed by atoms with Gasteiger partial charge in [-0.1, -0.05) is 32.1 Å². The Labute approximate surface area is 129 Å². The van der Waals surface area contributed by atoms with Crippen LogP contribution in [0.3, 0.4) is 0 Å². The topological polar surface area (TPSA) is 32.8 Å². The van der Waals surface area contributed by atoms with Crippen LogP contribution in [-0.2, 0) is 9.53 Å². The maximum Gasteiger partial charge on any atom is 0.307 e. The van der Waals surface area contributed by atoms with Crippen LogP contribution < -0.4 is 0 Å². The van der Waals surface area contributed by atoms with Gasteiger partial charge in [-0.3, -0.25) is 9.69 Å². The highest BCUT2D eigenvalue weighted by Gasteiger charge is 2.28. The molecule has 2 aliphatic rings. The minimum absolute atomic E-state index is 0.0164. The molecule has 1 atom stereocenters. The van der Waals surface area contributed by atoms with Crippen molar-refractivity contribution in [2.24, 2.45) is 5.92 Å². The van der Waals surface area contributed by atoms with E-state index >= 15 is 0 Å². The molecule has 122 valence electrons. The predicted molar refractivity (Wildman–Crippen MR) is 85.3 cm³/mol. The first kappa shape index (κ1) is 16.8. The summed E-state index contributed by atoms with van der Waals surface area (Å²) in [6.45, 7) is 6.80. The second-order valence-electron chi connectivity index (χ2n) is 6.74. The van der Waals surface area contributed by atoms with Crippen molar-refractivity contribution < 1.29 is 9.53 Å². The summed E-state index contributed by atoms with van der Waals surface area (Å²) in [5.74, 6) is 0.801. The first-order valence-electron chi connectivity index (χ1n) is 8.77. The van der Waals surface area contributed by atoms with E-state index < -0.39 is 0 Å². The number of ether oxygens (including phenoxy) is 1. The fraction of sp³-hybridized carbons (Fsp3) is 0.941. The zero-order chi connectivity index (χ0) is 15.1. The van der Waals surface area contributed by atoms with Crippen LogP contribution in [0, 0.1) is 5.92 Å². The molecule has 21 heavy (non-hydrogen) atoms. The molecule has 0 aromatic heterocycles. The SMILES string of the molecule is CCOC(=O)CC(CC1CCCCC1)N1CCN(C)CC1. The molecule has 0 spiro atoms. The van der Waals surface area contributed by atoms with Crippen LogP contribution in [-0.4, -0.2) is 61.6 Å². The van der Waals surface area contributed by atoms with Crippen molar-refractivity contribution >= 4 is 5.97 Å². The molecule has 0 amide bonds. The molecule has 1 heterocycles. The van der Waals surface area contributed by atoms with E-state index in [2.05, 4.69) is 16.8 Å². The van der Waals surface area contributed by atoms with Crippen molar-refractivity contribution in [3.05, 3.63) is 0 Å². The summed E-state index contributed by atoms with van der Waals surface area (Å²) in [7, 11) is 2.18. The third-order valence-corrected chi connectivity index (χ3v) is 5.09. The van der Waals surface area contributed by atoms with E-state index in [1.54, 1.807) is 0 Å². The van der Waals surface area contributed by atoms with E-state index in [-0.39, 0.29) is 5.97 Å². The van der Waals surface area contributed by atoms with Crippen molar-refractivity contribution in [1.29, 1.82) is 0 Å². The lowest BCUT2D eigenvalue weighted by Crippen LogP contribution is -2.50. The Balaban J connectivity index is 1.90. The van der Waals surface area contributed by atoms with E-state index in [0.717, 1.165) is 32.1 Å². The van der Waals surface area contributed by atoms with Gasteiger partial charge in [-0.15, -0.1) is 0 Å². The lowest BCUT2D eigenvalue weighted by Gasteiger charge is -2.39. The lowest BCUT2D eigenvalue weighted by atomic mass is 9.83. The lowest BCUT2D eigenvalue weighted by molar-refractivity contribution is -0.145. The Hall–Kier alpha value is -0.610. The van der Waals surface area contributed by atoms with Crippen LogP contribution in [0.15, 0.2) is 0 Å². The molecule has 1 aliphatic heterocycles. The van der Waals surface area contributed by atoms with Crippen LogP contribution in [0.1, 0.15) is 51.9 Å². The summed E-state index contributed by atoms with van der Waals surface area (Å²) < 4.78 is 5.20. The fourth-order valence-electron chi connectivity index (χ4n) is 3.77. The molecule has 4 nitrogen and oxygen atoms in total. The van der Waals surface area contributed by atoms with Gasteiger partial charge in [-0.2, -0.15) is 0 Å². The van der Waals surface area contributed by atoms with Gasteiger partial charge in [0.15, 0.2) is 0 Å². The second kappa shape index (κ2) is 8.74. The van der Waals surface area contributed by atoms with Crippen LogP contribution in [0.25, 0.3) is 0 Å². The highest BCUT2D eigenvalue weighted by atomic mass is 16.5. The minimum Gasteiger partial charge on any atom is -0.466 e. The third-order valence-electron chi connectivity index (χ3n) is 5.09. The Bertz CT molecular complexity index is 308. The maximum absolute atomic E-state index is 11.9. The summed E-state index contributed by atoms with van der Waals surface area (Å²) in [6.07, 6.45) is 8.61. The summed E-state index contributed by atoms with van der Waals surface area (Å²) in [4.78, 5) is 16.8. The van der Waals surface area contributed by atoms with Crippen LogP contribution in [0.2, 0.25) is 0 Å². The molecule has 0 N–H and O–H groups in total. The number of esters is 1. The second-order valence-corrected chi connectivity index (χ2v) is 6.74. The average molecular weight is 296 g/mol. The van der Waals surface area contributed by atoms with Crippen molar-refractivity contribution in [3.63, 3.8) is 0 Å². The Morgan fingerprint density at radius 1 is 1.14 bits per heavy atom. The Morgan fingerprint density at radius 3 is 2.43 bits per heavy atom. The van der Waals surface area contributed by atoms with E-state index in [0.29, 0.717) is 19.1 Å². The molecule has 0 aromatic carbocycles. The molecule has 1 unspecified atom stereocenters. The van der Waals surface area contributed by atoms with Crippen molar-refractivity contribution in [2.75, 3.05) is 39.8 Å². The fourth-order valence-corrected chi connectivity index (χ4v) is 3.77. The van der Waals surface area contributed by atoms with Gasteiger partial charge in [0.25, 0.3) is 0 Å². The quantitative estimate of drug-likeness (QED) is 0.705. The van der Waals surface area contributed by atoms with E-state index in [1.165, 1.54) is 38.5 Å². The van der Waals surface area contributed by atoms with E-state index in [1.807, 2.05) is 6.92 Å². The Morgan fingerprint density at radius 2 is 1.81 bits per heavy atom. The number of hydrogen-bond donors (Lipinski definition) is 0. The zero-order valence-corrected chi connectivity index (χ0v) is 13.9. The van der Waals surface area contributed by atoms with Gasteiger partial charge in [-0.05, 0) is 26.3 Å². The summed E-state index contributed by atoms with van der Waals surface area (Å²) in [5, 5.41) is 0. The smallest absolute Gasteiger partial charge is 0.307 e. The number of carbonyl (C=O) groups is 1. The molecule has 2 fully saturated rings. The van der Waals surface area contributed by atoms with Gasteiger partial charge in [0.05, 0.1) is 13.0 Å². The highest BCUT2D eigenvalue weighted by Crippen LogP contribution is 2.30. The molecular formula is C17H32N2O2. The molecule has 1 aliphatic carbocycles. The Kier molecular flexibility index (Phi) is 6.97. The predicted octanol–water partition coefficient (Wildman–Crippen LogP) is 2.53. The first-order chi connectivity index (χ1) is 10.2. The van der Waals surface area contributed by atoms with E-state index in [9.17, 15) is 4.79 Å². The number of carbonyl (C=O) groups excluding carboxylic acids is 1. The van der Waals surface area contributed by atoms with Gasteiger partial charge < -0.3 is 9.64 Å². The normalized spacial score (nSPS) is 23.9.